The fourth-order valence-electron chi connectivity index (χ4n) is 1.67. The molecule has 0 spiro atoms. The van der Waals surface area contributed by atoms with Crippen molar-refractivity contribution in [2.45, 2.75) is 6.04 Å². The zero-order valence-electron chi connectivity index (χ0n) is 9.30. The first kappa shape index (κ1) is 12.1. The van der Waals surface area contributed by atoms with E-state index in [0.29, 0.717) is 24.1 Å². The Morgan fingerprint density at radius 3 is 3.06 bits per heavy atom. The number of anilines is 1. The molecular weight excluding hydrogens is 246 g/mol. The van der Waals surface area contributed by atoms with Gasteiger partial charge in [0, 0.05) is 6.54 Å². The lowest BCUT2D eigenvalue weighted by Crippen LogP contribution is -2.51. The Morgan fingerprint density at radius 1 is 1.59 bits per heavy atom. The molecule has 1 aliphatic rings. The number of aromatic nitrogens is 2. The van der Waals surface area contributed by atoms with Crippen LogP contribution in [-0.4, -0.2) is 49.1 Å². The number of morpholine rings is 1. The standard InChI is InChI=1S/C10H12ClN3O3/c1-16-10(15)7-6-17-5-4-14(7)9-3-2-8(11)12-13-9/h2-3,7H,4-6H2,1H3. The average Bonchev–Trinajstić information content (AvgIpc) is 2.39. The largest absolute Gasteiger partial charge is 0.467 e. The first-order valence-electron chi connectivity index (χ1n) is 5.14. The van der Waals surface area contributed by atoms with E-state index in [1.807, 2.05) is 0 Å². The maximum absolute atomic E-state index is 11.6. The molecule has 2 rings (SSSR count). The molecule has 1 aliphatic heterocycles. The van der Waals surface area contributed by atoms with E-state index in [9.17, 15) is 4.79 Å². The van der Waals surface area contributed by atoms with Crippen molar-refractivity contribution < 1.29 is 14.3 Å². The van der Waals surface area contributed by atoms with E-state index >= 15 is 0 Å². The van der Waals surface area contributed by atoms with Crippen LogP contribution in [0.1, 0.15) is 0 Å². The minimum Gasteiger partial charge on any atom is -0.467 e. The molecule has 6 nitrogen and oxygen atoms in total. The van der Waals surface area contributed by atoms with E-state index in [1.54, 1.807) is 17.0 Å². The zero-order valence-corrected chi connectivity index (χ0v) is 10.1. The summed E-state index contributed by atoms with van der Waals surface area (Å²) in [6, 6.07) is 2.87. The van der Waals surface area contributed by atoms with Gasteiger partial charge in [-0.2, -0.15) is 0 Å². The Hall–Kier alpha value is -1.40. The summed E-state index contributed by atoms with van der Waals surface area (Å²) in [5.41, 5.74) is 0. The van der Waals surface area contributed by atoms with Crippen LogP contribution in [-0.2, 0) is 14.3 Å². The topological polar surface area (TPSA) is 64.6 Å². The van der Waals surface area contributed by atoms with Crippen LogP contribution < -0.4 is 4.90 Å². The molecule has 92 valence electrons. The van der Waals surface area contributed by atoms with Gasteiger partial charge in [-0.3, -0.25) is 0 Å². The summed E-state index contributed by atoms with van der Waals surface area (Å²) in [5, 5.41) is 8.02. The van der Waals surface area contributed by atoms with Crippen molar-refractivity contribution in [3.8, 4) is 0 Å². The molecule has 1 unspecified atom stereocenters. The smallest absolute Gasteiger partial charge is 0.330 e. The quantitative estimate of drug-likeness (QED) is 0.720. The molecular formula is C10H12ClN3O3. The zero-order chi connectivity index (χ0) is 12.3. The minimum atomic E-state index is -0.482. The summed E-state index contributed by atoms with van der Waals surface area (Å²) in [4.78, 5) is 13.4. The van der Waals surface area contributed by atoms with Gasteiger partial charge in [0.05, 0.1) is 20.3 Å². The fourth-order valence-corrected chi connectivity index (χ4v) is 1.77. The molecule has 0 radical (unpaired) electrons. The lowest BCUT2D eigenvalue weighted by molar-refractivity contribution is -0.144. The number of rotatable bonds is 2. The Kier molecular flexibility index (Phi) is 3.75. The van der Waals surface area contributed by atoms with Crippen molar-refractivity contribution in [2.24, 2.45) is 0 Å². The molecule has 0 saturated carbocycles. The summed E-state index contributed by atoms with van der Waals surface area (Å²) < 4.78 is 9.99. The normalized spacial score (nSPS) is 20.1. The number of esters is 1. The number of carbonyl (C=O) groups excluding carboxylic acids is 1. The number of methoxy groups -OCH3 is 1. The van der Waals surface area contributed by atoms with Crippen LogP contribution in [0, 0.1) is 0 Å². The summed E-state index contributed by atoms with van der Waals surface area (Å²) in [6.07, 6.45) is 0. The molecule has 1 atom stereocenters. The molecule has 1 saturated heterocycles. The molecule has 2 heterocycles. The first-order chi connectivity index (χ1) is 8.22. The second kappa shape index (κ2) is 5.29. The molecule has 17 heavy (non-hydrogen) atoms. The van der Waals surface area contributed by atoms with Gasteiger partial charge in [0.1, 0.15) is 0 Å². The van der Waals surface area contributed by atoms with Crippen molar-refractivity contribution in [1.29, 1.82) is 0 Å². The molecule has 0 aliphatic carbocycles. The highest BCUT2D eigenvalue weighted by molar-refractivity contribution is 6.29. The summed E-state index contributed by atoms with van der Waals surface area (Å²) in [5.74, 6) is 0.245. The highest BCUT2D eigenvalue weighted by Crippen LogP contribution is 2.18. The Morgan fingerprint density at radius 2 is 2.41 bits per heavy atom. The van der Waals surface area contributed by atoms with Gasteiger partial charge in [0.25, 0.3) is 0 Å². The molecule has 1 fully saturated rings. The Balaban J connectivity index is 2.21. The van der Waals surface area contributed by atoms with Gasteiger partial charge in [-0.25, -0.2) is 4.79 Å². The van der Waals surface area contributed by atoms with Crippen LogP contribution in [0.4, 0.5) is 5.82 Å². The SMILES string of the molecule is COC(=O)C1COCCN1c1ccc(Cl)nn1. The van der Waals surface area contributed by atoms with E-state index in [2.05, 4.69) is 10.2 Å². The van der Waals surface area contributed by atoms with Gasteiger partial charge in [0.2, 0.25) is 0 Å². The van der Waals surface area contributed by atoms with Crippen molar-refractivity contribution in [3.05, 3.63) is 17.3 Å². The maximum atomic E-state index is 11.6. The molecule has 0 aromatic carbocycles. The molecule has 1 aromatic rings. The third kappa shape index (κ3) is 2.65. The fraction of sp³-hybridized carbons (Fsp3) is 0.500. The van der Waals surface area contributed by atoms with Crippen LogP contribution >= 0.6 is 11.6 Å². The lowest BCUT2D eigenvalue weighted by atomic mass is 10.2. The van der Waals surface area contributed by atoms with Crippen LogP contribution in [0.5, 0.6) is 0 Å². The monoisotopic (exact) mass is 257 g/mol. The number of hydrogen-bond donors (Lipinski definition) is 0. The molecule has 0 N–H and O–H groups in total. The van der Waals surface area contributed by atoms with Crippen LogP contribution in [0.15, 0.2) is 12.1 Å². The first-order valence-corrected chi connectivity index (χ1v) is 5.51. The number of carbonyl (C=O) groups is 1. The van der Waals surface area contributed by atoms with Crippen molar-refractivity contribution in [1.82, 2.24) is 10.2 Å². The van der Waals surface area contributed by atoms with Crippen molar-refractivity contribution in [3.63, 3.8) is 0 Å². The molecule has 1 aromatic heterocycles. The second-order valence-electron chi connectivity index (χ2n) is 3.52. The van der Waals surface area contributed by atoms with Crippen LogP contribution in [0.3, 0.4) is 0 Å². The molecule has 0 amide bonds. The van der Waals surface area contributed by atoms with Gasteiger partial charge in [-0.15, -0.1) is 10.2 Å². The van der Waals surface area contributed by atoms with E-state index in [1.165, 1.54) is 7.11 Å². The van der Waals surface area contributed by atoms with Gasteiger partial charge in [0.15, 0.2) is 17.0 Å². The average molecular weight is 258 g/mol. The predicted octanol–water partition coefficient (Wildman–Crippen LogP) is 0.508. The highest BCUT2D eigenvalue weighted by atomic mass is 35.5. The van der Waals surface area contributed by atoms with Crippen molar-refractivity contribution >= 4 is 23.4 Å². The summed E-state index contributed by atoms with van der Waals surface area (Å²) in [7, 11) is 1.35. The van der Waals surface area contributed by atoms with Crippen LogP contribution in [0.25, 0.3) is 0 Å². The number of nitrogens with zero attached hydrogens (tertiary/aromatic N) is 3. The van der Waals surface area contributed by atoms with Crippen molar-refractivity contribution in [2.75, 3.05) is 31.8 Å². The second-order valence-corrected chi connectivity index (χ2v) is 3.91. The number of hydrogen-bond acceptors (Lipinski definition) is 6. The van der Waals surface area contributed by atoms with Gasteiger partial charge < -0.3 is 14.4 Å². The minimum absolute atomic E-state index is 0.289. The Labute approximate surface area is 103 Å². The molecule has 0 bridgehead atoms. The van der Waals surface area contributed by atoms with E-state index < -0.39 is 6.04 Å². The third-order valence-corrected chi connectivity index (χ3v) is 2.72. The van der Waals surface area contributed by atoms with E-state index in [0.717, 1.165) is 0 Å². The van der Waals surface area contributed by atoms with E-state index in [-0.39, 0.29) is 12.6 Å². The Bertz CT molecular complexity index is 398. The van der Waals surface area contributed by atoms with Crippen LogP contribution in [0.2, 0.25) is 5.15 Å². The number of halogens is 1. The third-order valence-electron chi connectivity index (χ3n) is 2.51. The summed E-state index contributed by atoms with van der Waals surface area (Å²) in [6.45, 7) is 1.39. The summed E-state index contributed by atoms with van der Waals surface area (Å²) >= 11 is 5.67. The maximum Gasteiger partial charge on any atom is 0.330 e. The molecule has 7 heteroatoms. The predicted molar refractivity (Wildman–Crippen MR) is 61.0 cm³/mol. The van der Waals surface area contributed by atoms with Gasteiger partial charge in [-0.1, -0.05) is 11.6 Å². The van der Waals surface area contributed by atoms with Gasteiger partial charge >= 0.3 is 5.97 Å². The number of ether oxygens (including phenoxy) is 2. The van der Waals surface area contributed by atoms with E-state index in [4.69, 9.17) is 21.1 Å². The van der Waals surface area contributed by atoms with Gasteiger partial charge in [-0.05, 0) is 12.1 Å². The lowest BCUT2D eigenvalue weighted by Gasteiger charge is -2.34. The highest BCUT2D eigenvalue weighted by Gasteiger charge is 2.31.